The van der Waals surface area contributed by atoms with Crippen molar-refractivity contribution in [3.05, 3.63) is 24.3 Å². The average molecular weight is 423 g/mol. The van der Waals surface area contributed by atoms with E-state index in [-0.39, 0.29) is 23.9 Å². The lowest BCUT2D eigenvalue weighted by molar-refractivity contribution is -0.137. The van der Waals surface area contributed by atoms with Gasteiger partial charge in [0.2, 0.25) is 15.9 Å². The van der Waals surface area contributed by atoms with Crippen molar-refractivity contribution in [2.24, 2.45) is 11.8 Å². The molecule has 3 aliphatic heterocycles. The zero-order chi connectivity index (χ0) is 20.4. The quantitative estimate of drug-likeness (QED) is 0.750. The van der Waals surface area contributed by atoms with E-state index in [9.17, 15) is 13.2 Å². The normalized spacial score (nSPS) is 26.4. The molecular formula is C20H30N4O4S. The molecule has 1 amide bonds. The lowest BCUT2D eigenvalue weighted by atomic mass is 9.93. The Balaban J connectivity index is 1.32. The monoisotopic (exact) mass is 422 g/mol. The third-order valence-electron chi connectivity index (χ3n) is 6.15. The van der Waals surface area contributed by atoms with Gasteiger partial charge in [0.15, 0.2) is 0 Å². The van der Waals surface area contributed by atoms with E-state index >= 15 is 0 Å². The molecular weight excluding hydrogens is 392 g/mol. The Morgan fingerprint density at radius 3 is 2.59 bits per heavy atom. The molecule has 8 nitrogen and oxygen atoms in total. The number of para-hydroxylation sites is 1. The number of morpholine rings is 1. The van der Waals surface area contributed by atoms with Gasteiger partial charge in [0, 0.05) is 38.6 Å². The Morgan fingerprint density at radius 1 is 1.17 bits per heavy atom. The van der Waals surface area contributed by atoms with E-state index < -0.39 is 10.0 Å². The number of amides is 1. The van der Waals surface area contributed by atoms with E-state index in [1.165, 1.54) is 0 Å². The van der Waals surface area contributed by atoms with Crippen molar-refractivity contribution in [3.8, 4) is 0 Å². The maximum atomic E-state index is 12.9. The van der Waals surface area contributed by atoms with Crippen LogP contribution >= 0.6 is 0 Å². The van der Waals surface area contributed by atoms with Gasteiger partial charge in [-0.1, -0.05) is 19.1 Å². The lowest BCUT2D eigenvalue weighted by Gasteiger charge is -2.40. The SMILES string of the molecule is CC(CN1CCOCC1)C(=O)N1CCC(C2Nc3ccccc3S(=O)(=O)N2)CC1. The Labute approximate surface area is 172 Å². The predicted octanol–water partition coefficient (Wildman–Crippen LogP) is 0.923. The Kier molecular flexibility index (Phi) is 6.10. The molecule has 9 heteroatoms. The van der Waals surface area contributed by atoms with Gasteiger partial charge in [0.25, 0.3) is 0 Å². The van der Waals surface area contributed by atoms with Gasteiger partial charge >= 0.3 is 0 Å². The molecule has 4 rings (SSSR count). The number of hydrogen-bond donors (Lipinski definition) is 2. The summed E-state index contributed by atoms with van der Waals surface area (Å²) in [5.41, 5.74) is 0.647. The van der Waals surface area contributed by atoms with Crippen LogP contribution in [-0.2, 0) is 19.6 Å². The molecule has 29 heavy (non-hydrogen) atoms. The first kappa shape index (κ1) is 20.6. The standard InChI is InChI=1S/C20H30N4O4S/c1-15(14-23-10-12-28-13-11-23)20(25)24-8-6-16(7-9-24)19-21-17-4-2-3-5-18(17)29(26,27)22-19/h2-5,15-16,19,21-22H,6-14H2,1H3. The van der Waals surface area contributed by atoms with Crippen LogP contribution in [0.5, 0.6) is 0 Å². The van der Waals surface area contributed by atoms with Crippen LogP contribution in [-0.4, -0.2) is 76.2 Å². The van der Waals surface area contributed by atoms with Crippen LogP contribution in [0.15, 0.2) is 29.2 Å². The molecule has 160 valence electrons. The summed E-state index contributed by atoms with van der Waals surface area (Å²) in [4.78, 5) is 17.4. The van der Waals surface area contributed by atoms with Crippen molar-refractivity contribution in [2.75, 3.05) is 51.3 Å². The summed E-state index contributed by atoms with van der Waals surface area (Å²) in [7, 11) is -3.51. The molecule has 2 fully saturated rings. The number of fused-ring (bicyclic) bond motifs is 1. The summed E-state index contributed by atoms with van der Waals surface area (Å²) in [5, 5.41) is 3.33. The van der Waals surface area contributed by atoms with Crippen LogP contribution in [0.1, 0.15) is 19.8 Å². The number of ether oxygens (including phenoxy) is 1. The smallest absolute Gasteiger partial charge is 0.244 e. The highest BCUT2D eigenvalue weighted by molar-refractivity contribution is 7.89. The number of benzene rings is 1. The highest BCUT2D eigenvalue weighted by Crippen LogP contribution is 2.31. The topological polar surface area (TPSA) is 91.0 Å². The number of rotatable bonds is 4. The van der Waals surface area contributed by atoms with Crippen LogP contribution < -0.4 is 10.0 Å². The lowest BCUT2D eigenvalue weighted by Crippen LogP contribution is -2.53. The Bertz CT molecular complexity index is 833. The number of piperidine rings is 1. The number of hydrogen-bond acceptors (Lipinski definition) is 6. The third kappa shape index (κ3) is 4.58. The van der Waals surface area contributed by atoms with Crippen LogP contribution in [0.25, 0.3) is 0 Å². The van der Waals surface area contributed by atoms with Crippen molar-refractivity contribution in [2.45, 2.75) is 30.8 Å². The van der Waals surface area contributed by atoms with Gasteiger partial charge in [-0.25, -0.2) is 8.42 Å². The molecule has 1 aromatic carbocycles. The highest BCUT2D eigenvalue weighted by atomic mass is 32.2. The molecule has 0 aliphatic carbocycles. The molecule has 2 saturated heterocycles. The molecule has 3 aliphatic rings. The molecule has 0 bridgehead atoms. The second-order valence-electron chi connectivity index (χ2n) is 8.22. The number of nitrogens with one attached hydrogen (secondary N) is 2. The van der Waals surface area contributed by atoms with Crippen LogP contribution in [0.3, 0.4) is 0 Å². The number of carbonyl (C=O) groups is 1. The number of likely N-dealkylation sites (tertiary alicyclic amines) is 1. The van der Waals surface area contributed by atoms with E-state index in [4.69, 9.17) is 4.74 Å². The van der Waals surface area contributed by atoms with Crippen molar-refractivity contribution < 1.29 is 17.9 Å². The van der Waals surface area contributed by atoms with E-state index in [0.29, 0.717) is 23.7 Å². The molecule has 1 aromatic rings. The average Bonchev–Trinajstić information content (AvgIpc) is 2.73. The number of carbonyl (C=O) groups excluding carboxylic acids is 1. The molecule has 0 radical (unpaired) electrons. The summed E-state index contributed by atoms with van der Waals surface area (Å²) in [6.45, 7) is 7.33. The Morgan fingerprint density at radius 2 is 1.86 bits per heavy atom. The molecule has 2 atom stereocenters. The van der Waals surface area contributed by atoms with Crippen LogP contribution in [0.4, 0.5) is 5.69 Å². The van der Waals surface area contributed by atoms with Crippen molar-refractivity contribution >= 4 is 21.6 Å². The van der Waals surface area contributed by atoms with Crippen molar-refractivity contribution in [1.82, 2.24) is 14.5 Å². The summed E-state index contributed by atoms with van der Waals surface area (Å²) in [5.74, 6) is 0.303. The van der Waals surface area contributed by atoms with E-state index in [0.717, 1.165) is 45.7 Å². The molecule has 0 saturated carbocycles. The zero-order valence-electron chi connectivity index (χ0n) is 16.8. The summed E-state index contributed by atoms with van der Waals surface area (Å²) in [6, 6.07) is 6.97. The first-order valence-electron chi connectivity index (χ1n) is 10.4. The summed E-state index contributed by atoms with van der Waals surface area (Å²) >= 11 is 0. The van der Waals surface area contributed by atoms with E-state index in [2.05, 4.69) is 14.9 Å². The first-order valence-corrected chi connectivity index (χ1v) is 11.9. The van der Waals surface area contributed by atoms with Gasteiger partial charge in [-0.3, -0.25) is 9.69 Å². The first-order chi connectivity index (χ1) is 13.9. The van der Waals surface area contributed by atoms with Gasteiger partial charge in [0.05, 0.1) is 25.1 Å². The fraction of sp³-hybridized carbons (Fsp3) is 0.650. The molecule has 0 spiro atoms. The molecule has 2 N–H and O–H groups in total. The highest BCUT2D eigenvalue weighted by Gasteiger charge is 2.36. The van der Waals surface area contributed by atoms with Crippen molar-refractivity contribution in [3.63, 3.8) is 0 Å². The fourth-order valence-corrected chi connectivity index (χ4v) is 5.86. The number of anilines is 1. The summed E-state index contributed by atoms with van der Waals surface area (Å²) < 4.78 is 33.2. The minimum atomic E-state index is -3.51. The van der Waals surface area contributed by atoms with Gasteiger partial charge in [-0.05, 0) is 30.9 Å². The predicted molar refractivity (Wildman–Crippen MR) is 110 cm³/mol. The number of sulfonamides is 1. The minimum Gasteiger partial charge on any atom is -0.379 e. The second kappa shape index (κ2) is 8.59. The third-order valence-corrected chi connectivity index (χ3v) is 7.65. The van der Waals surface area contributed by atoms with Gasteiger partial charge in [-0.2, -0.15) is 4.72 Å². The van der Waals surface area contributed by atoms with Crippen molar-refractivity contribution in [1.29, 1.82) is 0 Å². The van der Waals surface area contributed by atoms with E-state index in [1.54, 1.807) is 18.2 Å². The summed E-state index contributed by atoms with van der Waals surface area (Å²) in [6.07, 6.45) is 1.22. The van der Waals surface area contributed by atoms with Crippen LogP contribution in [0.2, 0.25) is 0 Å². The zero-order valence-corrected chi connectivity index (χ0v) is 17.7. The van der Waals surface area contributed by atoms with E-state index in [1.807, 2.05) is 17.9 Å². The van der Waals surface area contributed by atoms with Gasteiger partial charge in [-0.15, -0.1) is 0 Å². The van der Waals surface area contributed by atoms with Crippen LogP contribution in [0, 0.1) is 11.8 Å². The molecule has 3 heterocycles. The molecule has 2 unspecified atom stereocenters. The van der Waals surface area contributed by atoms with Gasteiger partial charge < -0.3 is 15.0 Å². The number of nitrogens with zero attached hydrogens (tertiary/aromatic N) is 2. The second-order valence-corrected chi connectivity index (χ2v) is 9.90. The Hall–Kier alpha value is -1.68. The largest absolute Gasteiger partial charge is 0.379 e. The maximum Gasteiger partial charge on any atom is 0.244 e. The fourth-order valence-electron chi connectivity index (χ4n) is 4.48. The maximum absolute atomic E-state index is 12.9. The van der Waals surface area contributed by atoms with Gasteiger partial charge in [0.1, 0.15) is 4.90 Å². The minimum absolute atomic E-state index is 0.0390. The molecule has 0 aromatic heterocycles.